The number of hydrogen-bond acceptors (Lipinski definition) is 3. The fourth-order valence-corrected chi connectivity index (χ4v) is 0.580. The van der Waals surface area contributed by atoms with Crippen LogP contribution >= 0.6 is 0 Å². The summed E-state index contributed by atoms with van der Waals surface area (Å²) in [6.07, 6.45) is 2.73. The Morgan fingerprint density at radius 1 is 1.91 bits per heavy atom. The number of esters is 1. The topological polar surface area (TPSA) is 55.0 Å². The first-order valence-corrected chi connectivity index (χ1v) is 3.08. The molecule has 1 aromatic rings. The molecule has 0 unspecified atom stereocenters. The van der Waals surface area contributed by atoms with Crippen molar-refractivity contribution in [2.24, 2.45) is 0 Å². The summed E-state index contributed by atoms with van der Waals surface area (Å²) in [5.74, 6) is -0.514. The average molecular weight is 152 g/mol. The van der Waals surface area contributed by atoms with Gasteiger partial charge < -0.3 is 9.72 Å². The molecule has 0 aliphatic carbocycles. The van der Waals surface area contributed by atoms with Crippen molar-refractivity contribution in [3.8, 4) is 6.01 Å². The predicted molar refractivity (Wildman–Crippen MR) is 39.2 cm³/mol. The zero-order valence-electron chi connectivity index (χ0n) is 6.13. The molecule has 0 aliphatic heterocycles. The number of ether oxygens (including phenoxy) is 1. The summed E-state index contributed by atoms with van der Waals surface area (Å²) in [5, 5.41) is 0. The number of rotatable bonds is 2. The Morgan fingerprint density at radius 2 is 2.64 bits per heavy atom. The van der Waals surface area contributed by atoms with Gasteiger partial charge in [-0.1, -0.05) is 6.58 Å². The molecule has 0 aliphatic rings. The van der Waals surface area contributed by atoms with Crippen LogP contribution < -0.4 is 4.74 Å². The number of aromatic amines is 1. The molecule has 1 aromatic heterocycles. The summed E-state index contributed by atoms with van der Waals surface area (Å²) in [5.41, 5.74) is 0.775. The van der Waals surface area contributed by atoms with Crippen LogP contribution in [0.3, 0.4) is 0 Å². The molecule has 0 atom stereocenters. The molecule has 0 aromatic carbocycles. The smallest absolute Gasteiger partial charge is 0.337 e. The van der Waals surface area contributed by atoms with E-state index in [1.165, 1.54) is 0 Å². The fraction of sp³-hybridized carbons (Fsp3) is 0.143. The highest BCUT2D eigenvalue weighted by atomic mass is 16.5. The highest BCUT2D eigenvalue weighted by Crippen LogP contribution is 2.02. The van der Waals surface area contributed by atoms with Crippen LogP contribution in [0.15, 0.2) is 18.9 Å². The van der Waals surface area contributed by atoms with Gasteiger partial charge in [0.1, 0.15) is 0 Å². The zero-order valence-corrected chi connectivity index (χ0v) is 6.13. The van der Waals surface area contributed by atoms with Gasteiger partial charge in [0, 0.05) is 12.3 Å². The van der Waals surface area contributed by atoms with Crippen molar-refractivity contribution in [2.45, 2.75) is 6.92 Å². The Kier molecular flexibility index (Phi) is 2.06. The minimum Gasteiger partial charge on any atom is -0.389 e. The van der Waals surface area contributed by atoms with Gasteiger partial charge in [-0.05, 0) is 6.92 Å². The van der Waals surface area contributed by atoms with Crippen molar-refractivity contribution >= 4 is 5.97 Å². The molecule has 11 heavy (non-hydrogen) atoms. The van der Waals surface area contributed by atoms with Gasteiger partial charge in [-0.2, -0.15) is 0 Å². The number of carbonyl (C=O) groups excluding carboxylic acids is 1. The summed E-state index contributed by atoms with van der Waals surface area (Å²) in [6, 6.07) is 0.201. The highest BCUT2D eigenvalue weighted by molar-refractivity contribution is 5.82. The number of carbonyl (C=O) groups is 1. The third-order valence-corrected chi connectivity index (χ3v) is 1.05. The molecular formula is C7H8N2O2. The first-order chi connectivity index (χ1) is 5.22. The van der Waals surface area contributed by atoms with Gasteiger partial charge in [-0.25, -0.2) is 9.78 Å². The Labute approximate surface area is 63.9 Å². The SMILES string of the molecule is C=CC(=O)Oc1nc(C)c[nH]1. The quantitative estimate of drug-likeness (QED) is 0.504. The lowest BCUT2D eigenvalue weighted by Gasteiger charge is -1.92. The lowest BCUT2D eigenvalue weighted by atomic mass is 10.6. The lowest BCUT2D eigenvalue weighted by Crippen LogP contribution is -2.03. The van der Waals surface area contributed by atoms with Crippen molar-refractivity contribution in [1.82, 2.24) is 9.97 Å². The number of aryl methyl sites for hydroxylation is 1. The van der Waals surface area contributed by atoms with Gasteiger partial charge in [-0.3, -0.25) is 0 Å². The summed E-state index contributed by atoms with van der Waals surface area (Å²) in [6.45, 7) is 5.04. The second-order valence-corrected chi connectivity index (χ2v) is 1.97. The Balaban J connectivity index is 2.64. The predicted octanol–water partition coefficient (Wildman–Crippen LogP) is 0.810. The number of nitrogens with zero attached hydrogens (tertiary/aromatic N) is 1. The van der Waals surface area contributed by atoms with Crippen molar-refractivity contribution < 1.29 is 9.53 Å². The van der Waals surface area contributed by atoms with Crippen LogP contribution in [0.1, 0.15) is 5.69 Å². The van der Waals surface area contributed by atoms with Gasteiger partial charge >= 0.3 is 12.0 Å². The number of H-pyrrole nitrogens is 1. The van der Waals surface area contributed by atoms with E-state index in [-0.39, 0.29) is 6.01 Å². The van der Waals surface area contributed by atoms with E-state index < -0.39 is 5.97 Å². The molecule has 0 amide bonds. The molecule has 1 rings (SSSR count). The van der Waals surface area contributed by atoms with Gasteiger partial charge in [0.2, 0.25) is 0 Å². The molecule has 1 N–H and O–H groups in total. The molecule has 0 spiro atoms. The maximum absolute atomic E-state index is 10.6. The third-order valence-electron chi connectivity index (χ3n) is 1.05. The van der Waals surface area contributed by atoms with Crippen molar-refractivity contribution in [3.63, 3.8) is 0 Å². The first kappa shape index (κ1) is 7.53. The lowest BCUT2D eigenvalue weighted by molar-refractivity contribution is -0.129. The zero-order chi connectivity index (χ0) is 8.27. The minimum atomic E-state index is -0.514. The Bertz CT molecular complexity index is 278. The number of imidazole rings is 1. The molecule has 0 saturated heterocycles. The molecule has 0 fully saturated rings. The van der Waals surface area contributed by atoms with E-state index in [0.29, 0.717) is 0 Å². The van der Waals surface area contributed by atoms with Crippen molar-refractivity contribution in [2.75, 3.05) is 0 Å². The fourth-order valence-electron chi connectivity index (χ4n) is 0.580. The Morgan fingerprint density at radius 3 is 3.09 bits per heavy atom. The molecule has 58 valence electrons. The van der Waals surface area contributed by atoms with E-state index in [4.69, 9.17) is 0 Å². The largest absolute Gasteiger partial charge is 0.389 e. The van der Waals surface area contributed by atoms with E-state index >= 15 is 0 Å². The molecule has 0 radical (unpaired) electrons. The van der Waals surface area contributed by atoms with Crippen molar-refractivity contribution in [3.05, 3.63) is 24.5 Å². The number of nitrogens with one attached hydrogen (secondary N) is 1. The summed E-state index contributed by atoms with van der Waals surface area (Å²) < 4.78 is 4.66. The normalized spacial score (nSPS) is 9.18. The van der Waals surface area contributed by atoms with Gasteiger partial charge in [0.05, 0.1) is 5.69 Å². The standard InChI is InChI=1S/C7H8N2O2/c1-3-6(10)11-7-8-4-5(2)9-7/h3-4H,1H2,2H3,(H,8,9). The Hall–Kier alpha value is -1.58. The average Bonchev–Trinajstić information content (AvgIpc) is 2.35. The van der Waals surface area contributed by atoms with E-state index in [9.17, 15) is 4.79 Å². The van der Waals surface area contributed by atoms with Crippen LogP contribution in [0, 0.1) is 6.92 Å². The molecule has 0 saturated carbocycles. The minimum absolute atomic E-state index is 0.201. The molecule has 4 nitrogen and oxygen atoms in total. The summed E-state index contributed by atoms with van der Waals surface area (Å²) in [7, 11) is 0. The van der Waals surface area contributed by atoms with Crippen LogP contribution in [-0.4, -0.2) is 15.9 Å². The number of hydrogen-bond donors (Lipinski definition) is 1. The van der Waals surface area contributed by atoms with E-state index in [1.54, 1.807) is 13.1 Å². The molecule has 1 heterocycles. The van der Waals surface area contributed by atoms with Gasteiger partial charge in [0.25, 0.3) is 0 Å². The third kappa shape index (κ3) is 1.93. The highest BCUT2D eigenvalue weighted by Gasteiger charge is 2.01. The maximum Gasteiger partial charge on any atom is 0.337 e. The van der Waals surface area contributed by atoms with Crippen molar-refractivity contribution in [1.29, 1.82) is 0 Å². The molecule has 4 heteroatoms. The first-order valence-electron chi connectivity index (χ1n) is 3.08. The van der Waals surface area contributed by atoms with Gasteiger partial charge in [0.15, 0.2) is 0 Å². The summed E-state index contributed by atoms with van der Waals surface area (Å²) >= 11 is 0. The second kappa shape index (κ2) is 3.01. The van der Waals surface area contributed by atoms with E-state index in [0.717, 1.165) is 11.8 Å². The van der Waals surface area contributed by atoms with Crippen LogP contribution in [0.2, 0.25) is 0 Å². The van der Waals surface area contributed by atoms with E-state index in [2.05, 4.69) is 21.3 Å². The van der Waals surface area contributed by atoms with Gasteiger partial charge in [-0.15, -0.1) is 0 Å². The van der Waals surface area contributed by atoms with Crippen LogP contribution in [0.5, 0.6) is 6.01 Å². The van der Waals surface area contributed by atoms with Crippen LogP contribution in [-0.2, 0) is 4.79 Å². The second-order valence-electron chi connectivity index (χ2n) is 1.97. The summed E-state index contributed by atoms with van der Waals surface area (Å²) in [4.78, 5) is 17.1. The number of aromatic nitrogens is 2. The van der Waals surface area contributed by atoms with Crippen LogP contribution in [0.25, 0.3) is 0 Å². The van der Waals surface area contributed by atoms with Crippen LogP contribution in [0.4, 0.5) is 0 Å². The van der Waals surface area contributed by atoms with E-state index in [1.807, 2.05) is 0 Å². The maximum atomic E-state index is 10.6. The molecular weight excluding hydrogens is 144 g/mol. The molecule has 0 bridgehead atoms. The monoisotopic (exact) mass is 152 g/mol.